The Balaban J connectivity index is 1.93. The fraction of sp³-hybridized carbons (Fsp3) is 0.611. The molecule has 2 heterocycles. The number of benzene rings is 1. The summed E-state index contributed by atoms with van der Waals surface area (Å²) in [7, 11) is 0. The molecule has 6 heteroatoms. The number of ether oxygens (including phenoxy) is 1. The first kappa shape index (κ1) is 17.0. The Bertz CT molecular complexity index is 629. The molecule has 0 radical (unpaired) electrons. The molecule has 130 valence electrons. The van der Waals surface area contributed by atoms with Gasteiger partial charge in [-0.1, -0.05) is 43.7 Å². The fourth-order valence-corrected chi connectivity index (χ4v) is 3.38. The van der Waals surface area contributed by atoms with Crippen LogP contribution in [-0.4, -0.2) is 50.9 Å². The van der Waals surface area contributed by atoms with Gasteiger partial charge in [-0.2, -0.15) is 0 Å². The van der Waals surface area contributed by atoms with Gasteiger partial charge in [-0.25, -0.2) is 4.68 Å². The summed E-state index contributed by atoms with van der Waals surface area (Å²) in [6, 6.07) is 8.74. The Morgan fingerprint density at radius 3 is 2.62 bits per heavy atom. The number of hydrogen-bond donors (Lipinski definition) is 0. The monoisotopic (exact) mass is 329 g/mol. The maximum Gasteiger partial charge on any atom is 0.173 e. The van der Waals surface area contributed by atoms with Crippen molar-refractivity contribution in [1.82, 2.24) is 25.1 Å². The third-order valence-corrected chi connectivity index (χ3v) is 4.78. The molecule has 0 amide bonds. The van der Waals surface area contributed by atoms with E-state index >= 15 is 0 Å². The zero-order valence-electron chi connectivity index (χ0n) is 14.9. The van der Waals surface area contributed by atoms with E-state index in [0.29, 0.717) is 0 Å². The van der Waals surface area contributed by atoms with Gasteiger partial charge in [0, 0.05) is 6.61 Å². The standard InChI is InChI=1S/C18H27N5O/c1-4-22(5-2)17(15-10-8-14(3)9-11-15)18-19-20-21-23(18)13-16-7-6-12-24-16/h8-11,16-17H,4-7,12-13H2,1-3H3/t16-,17-/m0/s1. The molecule has 0 aliphatic carbocycles. The molecule has 1 aliphatic rings. The molecule has 1 aliphatic heterocycles. The van der Waals surface area contributed by atoms with Crippen LogP contribution in [0.3, 0.4) is 0 Å². The zero-order chi connectivity index (χ0) is 16.9. The highest BCUT2D eigenvalue weighted by Crippen LogP contribution is 2.27. The van der Waals surface area contributed by atoms with Gasteiger partial charge in [-0.15, -0.1) is 5.10 Å². The number of hydrogen-bond acceptors (Lipinski definition) is 5. The van der Waals surface area contributed by atoms with Crippen molar-refractivity contribution >= 4 is 0 Å². The second kappa shape index (κ2) is 7.85. The predicted molar refractivity (Wildman–Crippen MR) is 92.7 cm³/mol. The molecule has 1 aromatic heterocycles. The fourth-order valence-electron chi connectivity index (χ4n) is 3.38. The van der Waals surface area contributed by atoms with E-state index in [-0.39, 0.29) is 12.1 Å². The second-order valence-electron chi connectivity index (χ2n) is 6.39. The van der Waals surface area contributed by atoms with Gasteiger partial charge >= 0.3 is 0 Å². The van der Waals surface area contributed by atoms with Gasteiger partial charge in [-0.05, 0) is 48.8 Å². The van der Waals surface area contributed by atoms with E-state index in [9.17, 15) is 0 Å². The second-order valence-corrected chi connectivity index (χ2v) is 6.39. The highest BCUT2D eigenvalue weighted by Gasteiger charge is 2.27. The molecule has 0 spiro atoms. The number of nitrogens with zero attached hydrogens (tertiary/aromatic N) is 5. The van der Waals surface area contributed by atoms with Gasteiger partial charge in [0.25, 0.3) is 0 Å². The first-order valence-corrected chi connectivity index (χ1v) is 8.91. The minimum absolute atomic E-state index is 0.0667. The first-order valence-electron chi connectivity index (χ1n) is 8.91. The maximum atomic E-state index is 5.77. The number of aromatic nitrogens is 4. The Morgan fingerprint density at radius 1 is 1.25 bits per heavy atom. The van der Waals surface area contributed by atoms with Gasteiger partial charge in [-0.3, -0.25) is 4.90 Å². The van der Waals surface area contributed by atoms with Crippen molar-refractivity contribution in [3.05, 3.63) is 41.2 Å². The lowest BCUT2D eigenvalue weighted by molar-refractivity contribution is 0.0910. The molecule has 1 aromatic carbocycles. The largest absolute Gasteiger partial charge is 0.376 e. The molecule has 2 atom stereocenters. The third kappa shape index (κ3) is 3.65. The van der Waals surface area contributed by atoms with Crippen molar-refractivity contribution in [3.8, 4) is 0 Å². The Morgan fingerprint density at radius 2 is 2.00 bits per heavy atom. The van der Waals surface area contributed by atoms with Crippen molar-refractivity contribution in [2.45, 2.75) is 52.3 Å². The number of tetrazole rings is 1. The van der Waals surface area contributed by atoms with Crippen molar-refractivity contribution < 1.29 is 4.74 Å². The molecular weight excluding hydrogens is 302 g/mol. The third-order valence-electron chi connectivity index (χ3n) is 4.78. The Kier molecular flexibility index (Phi) is 5.58. The van der Waals surface area contributed by atoms with E-state index < -0.39 is 0 Å². The lowest BCUT2D eigenvalue weighted by Crippen LogP contribution is -2.32. The number of rotatable bonds is 7. The van der Waals surface area contributed by atoms with Crippen LogP contribution >= 0.6 is 0 Å². The lowest BCUT2D eigenvalue weighted by Gasteiger charge is -2.29. The molecule has 1 fully saturated rings. The van der Waals surface area contributed by atoms with Gasteiger partial charge in [0.05, 0.1) is 18.7 Å². The van der Waals surface area contributed by atoms with E-state index in [1.807, 2.05) is 4.68 Å². The van der Waals surface area contributed by atoms with Crippen LogP contribution < -0.4 is 0 Å². The average molecular weight is 329 g/mol. The minimum Gasteiger partial charge on any atom is -0.376 e. The van der Waals surface area contributed by atoms with Crippen LogP contribution in [0.4, 0.5) is 0 Å². The quantitative estimate of drug-likeness (QED) is 0.781. The normalized spacial score (nSPS) is 19.1. The molecule has 0 unspecified atom stereocenters. The highest BCUT2D eigenvalue weighted by molar-refractivity contribution is 5.28. The smallest absolute Gasteiger partial charge is 0.173 e. The topological polar surface area (TPSA) is 56.1 Å². The molecule has 0 bridgehead atoms. The highest BCUT2D eigenvalue weighted by atomic mass is 16.5. The molecule has 0 N–H and O–H groups in total. The van der Waals surface area contributed by atoms with Crippen LogP contribution in [0.15, 0.2) is 24.3 Å². The maximum absolute atomic E-state index is 5.77. The summed E-state index contributed by atoms with van der Waals surface area (Å²) >= 11 is 0. The molecular formula is C18H27N5O. The molecule has 24 heavy (non-hydrogen) atoms. The van der Waals surface area contributed by atoms with Gasteiger partial charge in [0.2, 0.25) is 0 Å². The molecule has 6 nitrogen and oxygen atoms in total. The first-order chi connectivity index (χ1) is 11.7. The van der Waals surface area contributed by atoms with E-state index in [1.165, 1.54) is 11.1 Å². The van der Waals surface area contributed by atoms with Crippen LogP contribution in [0.25, 0.3) is 0 Å². The van der Waals surface area contributed by atoms with Crippen LogP contribution in [0.2, 0.25) is 0 Å². The van der Waals surface area contributed by atoms with E-state index in [4.69, 9.17) is 4.74 Å². The van der Waals surface area contributed by atoms with Crippen molar-refractivity contribution in [3.63, 3.8) is 0 Å². The summed E-state index contributed by atoms with van der Waals surface area (Å²) in [5, 5.41) is 12.6. The van der Waals surface area contributed by atoms with Crippen LogP contribution in [0.1, 0.15) is 49.7 Å². The molecule has 1 saturated heterocycles. The molecule has 0 saturated carbocycles. The summed E-state index contributed by atoms with van der Waals surface area (Å²) in [6.07, 6.45) is 2.43. The Hall–Kier alpha value is -1.79. The summed E-state index contributed by atoms with van der Waals surface area (Å²) in [5.74, 6) is 0.901. The van der Waals surface area contributed by atoms with Crippen LogP contribution in [-0.2, 0) is 11.3 Å². The Labute approximate surface area is 143 Å². The van der Waals surface area contributed by atoms with Gasteiger partial charge in [0.1, 0.15) is 0 Å². The minimum atomic E-state index is 0.0667. The summed E-state index contributed by atoms with van der Waals surface area (Å²) in [5.41, 5.74) is 2.49. The van der Waals surface area contributed by atoms with Gasteiger partial charge < -0.3 is 4.74 Å². The summed E-state index contributed by atoms with van der Waals surface area (Å²) in [6.45, 7) is 9.94. The SMILES string of the molecule is CCN(CC)[C@@H](c1ccc(C)cc1)c1nnnn1C[C@@H]1CCCO1. The molecule has 2 aromatic rings. The molecule has 3 rings (SSSR count). The average Bonchev–Trinajstić information content (AvgIpc) is 3.26. The number of aryl methyl sites for hydroxylation is 1. The predicted octanol–water partition coefficient (Wildman–Crippen LogP) is 2.59. The van der Waals surface area contributed by atoms with Crippen LogP contribution in [0, 0.1) is 6.92 Å². The zero-order valence-corrected chi connectivity index (χ0v) is 14.9. The van der Waals surface area contributed by atoms with Crippen molar-refractivity contribution in [2.24, 2.45) is 0 Å². The summed E-state index contributed by atoms with van der Waals surface area (Å²) in [4.78, 5) is 2.39. The van der Waals surface area contributed by atoms with E-state index in [2.05, 4.69) is 65.5 Å². The van der Waals surface area contributed by atoms with E-state index in [1.54, 1.807) is 0 Å². The van der Waals surface area contributed by atoms with E-state index in [0.717, 1.165) is 44.9 Å². The summed E-state index contributed by atoms with van der Waals surface area (Å²) < 4.78 is 7.69. The van der Waals surface area contributed by atoms with Gasteiger partial charge in [0.15, 0.2) is 5.82 Å². The van der Waals surface area contributed by atoms with Crippen LogP contribution in [0.5, 0.6) is 0 Å². The van der Waals surface area contributed by atoms with Crippen molar-refractivity contribution in [1.29, 1.82) is 0 Å². The lowest BCUT2D eigenvalue weighted by atomic mass is 10.0. The van der Waals surface area contributed by atoms with Crippen molar-refractivity contribution in [2.75, 3.05) is 19.7 Å².